The van der Waals surface area contributed by atoms with Gasteiger partial charge in [-0.05, 0) is 6.42 Å². The topological polar surface area (TPSA) is 72.6 Å². The molecule has 0 aromatic carbocycles. The van der Waals surface area contributed by atoms with Gasteiger partial charge in [-0.3, -0.25) is 4.79 Å². The number of carbonyl (C=O) groups excluding carboxylic acids is 1. The first-order valence-electron chi connectivity index (χ1n) is 4.85. The number of amides is 1. The molecule has 0 aliphatic carbocycles. The second kappa shape index (κ2) is 4.75. The molecule has 0 aliphatic heterocycles. The van der Waals surface area contributed by atoms with E-state index in [0.29, 0.717) is 6.61 Å². The van der Waals surface area contributed by atoms with Crippen LogP contribution in [0.4, 0.5) is 0 Å². The van der Waals surface area contributed by atoms with Gasteiger partial charge in [0, 0.05) is 12.0 Å². The molecule has 1 amide bonds. The summed E-state index contributed by atoms with van der Waals surface area (Å²) in [6, 6.07) is 0. The molecule has 1 atom stereocenters. The van der Waals surface area contributed by atoms with Gasteiger partial charge in [0.25, 0.3) is 5.91 Å². The molecule has 4 heteroatoms. The van der Waals surface area contributed by atoms with Crippen LogP contribution in [-0.2, 0) is 9.53 Å². The Labute approximate surface area is 85.4 Å². The van der Waals surface area contributed by atoms with E-state index in [4.69, 9.17) is 10.5 Å². The fourth-order valence-corrected chi connectivity index (χ4v) is 1.02. The van der Waals surface area contributed by atoms with Crippen LogP contribution in [0, 0.1) is 5.41 Å². The molecule has 0 bridgehead atoms. The normalized spacial score (nSPS) is 16.4. The minimum atomic E-state index is -1.60. The molecule has 0 radical (unpaired) electrons. The summed E-state index contributed by atoms with van der Waals surface area (Å²) in [5.74, 6) is -0.735. The number of aliphatic hydroxyl groups is 1. The minimum absolute atomic E-state index is 0.0420. The van der Waals surface area contributed by atoms with E-state index >= 15 is 0 Å². The maximum Gasteiger partial charge on any atom is 0.252 e. The van der Waals surface area contributed by atoms with E-state index in [2.05, 4.69) is 0 Å². The Morgan fingerprint density at radius 2 is 1.93 bits per heavy atom. The predicted octanol–water partition coefficient (Wildman–Crippen LogP) is 0.675. The lowest BCUT2D eigenvalue weighted by molar-refractivity contribution is -0.160. The number of hydrogen-bond acceptors (Lipinski definition) is 3. The number of carbonyl (C=O) groups is 1. The fourth-order valence-electron chi connectivity index (χ4n) is 1.02. The van der Waals surface area contributed by atoms with Crippen molar-refractivity contribution in [3.8, 4) is 0 Å². The Balaban J connectivity index is 4.50. The largest absolute Gasteiger partial charge is 0.378 e. The molecule has 0 rings (SSSR count). The third-order valence-corrected chi connectivity index (χ3v) is 2.31. The number of nitrogens with two attached hydrogens (primary N) is 1. The van der Waals surface area contributed by atoms with E-state index in [1.54, 1.807) is 20.8 Å². The molecular formula is C10H21NO3. The van der Waals surface area contributed by atoms with Gasteiger partial charge < -0.3 is 15.6 Å². The minimum Gasteiger partial charge on any atom is -0.378 e. The van der Waals surface area contributed by atoms with Crippen LogP contribution in [0.15, 0.2) is 0 Å². The van der Waals surface area contributed by atoms with Gasteiger partial charge in [-0.25, -0.2) is 0 Å². The summed E-state index contributed by atoms with van der Waals surface area (Å²) in [5.41, 5.74) is 2.96. The average molecular weight is 203 g/mol. The van der Waals surface area contributed by atoms with Crippen LogP contribution in [0.3, 0.4) is 0 Å². The van der Waals surface area contributed by atoms with Gasteiger partial charge in [-0.15, -0.1) is 0 Å². The maximum absolute atomic E-state index is 11.2. The van der Waals surface area contributed by atoms with Crippen LogP contribution in [0.1, 0.15) is 34.1 Å². The standard InChI is InChI=1S/C10H21NO3/c1-5-6-14-7-10(13,8(11)12)9(2,3)4/h13H,5-7H2,1-4H3,(H2,11,12). The zero-order valence-electron chi connectivity index (χ0n) is 9.46. The lowest BCUT2D eigenvalue weighted by Crippen LogP contribution is -2.56. The summed E-state index contributed by atoms with van der Waals surface area (Å²) in [4.78, 5) is 11.2. The van der Waals surface area contributed by atoms with Gasteiger partial charge in [-0.1, -0.05) is 27.7 Å². The SMILES string of the molecule is CCCOCC(O)(C(N)=O)C(C)(C)C. The zero-order valence-corrected chi connectivity index (χ0v) is 9.46. The number of ether oxygens (including phenoxy) is 1. The molecule has 3 N–H and O–H groups in total. The lowest BCUT2D eigenvalue weighted by atomic mass is 9.76. The third kappa shape index (κ3) is 2.96. The highest BCUT2D eigenvalue weighted by molar-refractivity contribution is 5.84. The zero-order chi connectivity index (χ0) is 11.4. The van der Waals surface area contributed by atoms with E-state index < -0.39 is 16.9 Å². The molecule has 0 aromatic heterocycles. The van der Waals surface area contributed by atoms with Crippen LogP contribution >= 0.6 is 0 Å². The molecule has 14 heavy (non-hydrogen) atoms. The Morgan fingerprint density at radius 3 is 2.21 bits per heavy atom. The van der Waals surface area contributed by atoms with E-state index in [1.807, 2.05) is 6.92 Å². The molecule has 4 nitrogen and oxygen atoms in total. The van der Waals surface area contributed by atoms with E-state index in [9.17, 15) is 9.90 Å². The second-order valence-corrected chi connectivity index (χ2v) is 4.53. The fraction of sp³-hybridized carbons (Fsp3) is 0.900. The van der Waals surface area contributed by atoms with Gasteiger partial charge in [0.15, 0.2) is 5.60 Å². The first-order valence-corrected chi connectivity index (χ1v) is 4.85. The van der Waals surface area contributed by atoms with Crippen LogP contribution in [0.25, 0.3) is 0 Å². The summed E-state index contributed by atoms with van der Waals surface area (Å²) in [7, 11) is 0. The molecule has 0 aromatic rings. The molecule has 0 spiro atoms. The number of hydrogen-bond donors (Lipinski definition) is 2. The summed E-state index contributed by atoms with van der Waals surface area (Å²) in [6.07, 6.45) is 0.846. The van der Waals surface area contributed by atoms with Gasteiger partial charge in [0.2, 0.25) is 0 Å². The monoisotopic (exact) mass is 203 g/mol. The number of primary amides is 1. The van der Waals surface area contributed by atoms with Crippen molar-refractivity contribution in [2.45, 2.75) is 39.7 Å². The molecule has 0 saturated heterocycles. The average Bonchev–Trinajstić information content (AvgIpc) is 2.02. The first-order chi connectivity index (χ1) is 6.25. The molecular weight excluding hydrogens is 182 g/mol. The van der Waals surface area contributed by atoms with Crippen molar-refractivity contribution in [2.75, 3.05) is 13.2 Å². The third-order valence-electron chi connectivity index (χ3n) is 2.31. The first kappa shape index (κ1) is 13.4. The highest BCUT2D eigenvalue weighted by atomic mass is 16.5. The Kier molecular flexibility index (Phi) is 4.55. The van der Waals surface area contributed by atoms with Crippen LogP contribution < -0.4 is 5.73 Å². The van der Waals surface area contributed by atoms with Crippen molar-refractivity contribution in [1.29, 1.82) is 0 Å². The highest BCUT2D eigenvalue weighted by Crippen LogP contribution is 2.30. The van der Waals surface area contributed by atoms with Gasteiger partial charge in [0.05, 0.1) is 6.61 Å². The number of rotatable bonds is 5. The Hall–Kier alpha value is -0.610. The van der Waals surface area contributed by atoms with Crippen molar-refractivity contribution in [3.63, 3.8) is 0 Å². The van der Waals surface area contributed by atoms with E-state index in [0.717, 1.165) is 6.42 Å². The molecule has 0 aliphatic rings. The van der Waals surface area contributed by atoms with Crippen molar-refractivity contribution in [3.05, 3.63) is 0 Å². The summed E-state index contributed by atoms with van der Waals surface area (Å²) < 4.78 is 5.18. The van der Waals surface area contributed by atoms with Crippen molar-refractivity contribution < 1.29 is 14.6 Å². The van der Waals surface area contributed by atoms with Crippen LogP contribution in [0.5, 0.6) is 0 Å². The second-order valence-electron chi connectivity index (χ2n) is 4.53. The molecule has 1 unspecified atom stereocenters. The quantitative estimate of drug-likeness (QED) is 0.645. The maximum atomic E-state index is 11.2. The van der Waals surface area contributed by atoms with E-state index in [-0.39, 0.29) is 6.61 Å². The van der Waals surface area contributed by atoms with E-state index in [1.165, 1.54) is 0 Å². The van der Waals surface area contributed by atoms with Gasteiger partial charge in [-0.2, -0.15) is 0 Å². The van der Waals surface area contributed by atoms with Crippen molar-refractivity contribution in [2.24, 2.45) is 11.1 Å². The van der Waals surface area contributed by atoms with Crippen LogP contribution in [0.2, 0.25) is 0 Å². The van der Waals surface area contributed by atoms with Gasteiger partial charge in [0.1, 0.15) is 0 Å². The van der Waals surface area contributed by atoms with Crippen LogP contribution in [-0.4, -0.2) is 29.8 Å². The molecule has 0 fully saturated rings. The van der Waals surface area contributed by atoms with Crippen molar-refractivity contribution in [1.82, 2.24) is 0 Å². The molecule has 84 valence electrons. The summed E-state index contributed by atoms with van der Waals surface area (Å²) in [6.45, 7) is 7.71. The predicted molar refractivity (Wildman–Crippen MR) is 54.7 cm³/mol. The molecule has 0 saturated carbocycles. The smallest absolute Gasteiger partial charge is 0.252 e. The lowest BCUT2D eigenvalue weighted by Gasteiger charge is -2.36. The summed E-state index contributed by atoms with van der Waals surface area (Å²) >= 11 is 0. The highest BCUT2D eigenvalue weighted by Gasteiger charge is 2.45. The Bertz CT molecular complexity index is 198. The van der Waals surface area contributed by atoms with Gasteiger partial charge >= 0.3 is 0 Å². The summed E-state index contributed by atoms with van der Waals surface area (Å²) in [5, 5.41) is 10.1. The van der Waals surface area contributed by atoms with Crippen molar-refractivity contribution >= 4 is 5.91 Å². The molecule has 0 heterocycles. The Morgan fingerprint density at radius 1 is 1.43 bits per heavy atom.